The first-order chi connectivity index (χ1) is 9.81. The molecule has 0 saturated heterocycles. The van der Waals surface area contributed by atoms with Crippen LogP contribution < -0.4 is 5.32 Å². The van der Waals surface area contributed by atoms with E-state index in [-0.39, 0.29) is 6.61 Å². The van der Waals surface area contributed by atoms with Crippen molar-refractivity contribution >= 4 is 34.7 Å². The van der Waals surface area contributed by atoms with Crippen molar-refractivity contribution in [1.29, 1.82) is 0 Å². The van der Waals surface area contributed by atoms with E-state index in [0.717, 1.165) is 5.56 Å². The molecule has 1 atom stereocenters. The molecule has 0 aromatic heterocycles. The number of hydrogen-bond donors (Lipinski definition) is 1. The molecule has 0 fully saturated rings. The Labute approximate surface area is 138 Å². The third-order valence-electron chi connectivity index (χ3n) is 2.35. The highest BCUT2D eigenvalue weighted by Crippen LogP contribution is 2.08. The number of carbonyl (C=O) groups excluding carboxylic acids is 2. The number of halogens is 1. The number of hydrogen-bond acceptors (Lipinski definition) is 4. The van der Waals surface area contributed by atoms with E-state index in [2.05, 4.69) is 5.32 Å². The molecule has 0 saturated carbocycles. The van der Waals surface area contributed by atoms with E-state index in [1.807, 2.05) is 52.9 Å². The number of esters is 1. The highest BCUT2D eigenvalue weighted by molar-refractivity contribution is 14.1. The van der Waals surface area contributed by atoms with Crippen LogP contribution in [0, 0.1) is 0 Å². The topological polar surface area (TPSA) is 64.6 Å². The van der Waals surface area contributed by atoms with Crippen LogP contribution >= 0.6 is 22.6 Å². The zero-order valence-electron chi connectivity index (χ0n) is 12.4. The molecule has 0 spiro atoms. The van der Waals surface area contributed by atoms with E-state index >= 15 is 0 Å². The first-order valence-corrected chi connectivity index (χ1v) is 8.10. The predicted octanol–water partition coefficient (Wildman–Crippen LogP) is 3.06. The fourth-order valence-electron chi connectivity index (χ4n) is 1.44. The molecule has 0 bridgehead atoms. The molecule has 1 aromatic carbocycles. The minimum Gasteiger partial charge on any atom is -0.459 e. The zero-order valence-corrected chi connectivity index (χ0v) is 14.5. The lowest BCUT2D eigenvalue weighted by Crippen LogP contribution is -2.45. The van der Waals surface area contributed by atoms with Crippen LogP contribution in [-0.4, -0.2) is 28.1 Å². The maximum absolute atomic E-state index is 12.0. The molecule has 0 heterocycles. The smallest absolute Gasteiger partial charge is 0.408 e. The van der Waals surface area contributed by atoms with Gasteiger partial charge >= 0.3 is 12.1 Å². The highest BCUT2D eigenvalue weighted by Gasteiger charge is 2.24. The van der Waals surface area contributed by atoms with Crippen molar-refractivity contribution in [1.82, 2.24) is 5.32 Å². The minimum atomic E-state index is -0.718. The average molecular weight is 405 g/mol. The van der Waals surface area contributed by atoms with E-state index in [0.29, 0.717) is 4.43 Å². The Morgan fingerprint density at radius 1 is 1.24 bits per heavy atom. The van der Waals surface area contributed by atoms with Crippen LogP contribution in [-0.2, 0) is 20.9 Å². The number of carbonyl (C=O) groups is 2. The number of rotatable bonds is 5. The molecule has 0 aliphatic heterocycles. The molecule has 21 heavy (non-hydrogen) atoms. The van der Waals surface area contributed by atoms with Gasteiger partial charge in [-0.1, -0.05) is 52.9 Å². The van der Waals surface area contributed by atoms with Crippen molar-refractivity contribution in [2.24, 2.45) is 0 Å². The van der Waals surface area contributed by atoms with Gasteiger partial charge in [0.25, 0.3) is 0 Å². The zero-order chi connectivity index (χ0) is 15.9. The summed E-state index contributed by atoms with van der Waals surface area (Å²) >= 11 is 2.02. The van der Waals surface area contributed by atoms with Gasteiger partial charge in [0.05, 0.1) is 0 Å². The number of nitrogens with one attached hydrogen (secondary N) is 1. The number of amides is 1. The Kier molecular flexibility index (Phi) is 6.94. The second kappa shape index (κ2) is 8.21. The van der Waals surface area contributed by atoms with Crippen molar-refractivity contribution in [3.05, 3.63) is 35.9 Å². The SMILES string of the molecule is CC(C)(C)OC(=O)N[C@@H](CI)C(=O)OCc1ccccc1. The van der Waals surface area contributed by atoms with Crippen molar-refractivity contribution < 1.29 is 19.1 Å². The Bertz CT molecular complexity index is 470. The average Bonchev–Trinajstić information content (AvgIpc) is 2.41. The van der Waals surface area contributed by atoms with Gasteiger partial charge in [-0.15, -0.1) is 0 Å². The Morgan fingerprint density at radius 2 is 1.86 bits per heavy atom. The largest absolute Gasteiger partial charge is 0.459 e. The lowest BCUT2D eigenvalue weighted by Gasteiger charge is -2.22. The maximum atomic E-state index is 12.0. The molecule has 6 heteroatoms. The van der Waals surface area contributed by atoms with Crippen LogP contribution in [0.15, 0.2) is 30.3 Å². The summed E-state index contributed by atoms with van der Waals surface area (Å²) in [7, 11) is 0. The van der Waals surface area contributed by atoms with Crippen molar-refractivity contribution in [2.45, 2.75) is 39.0 Å². The number of benzene rings is 1. The summed E-state index contributed by atoms with van der Waals surface area (Å²) in [6, 6.07) is 8.66. The molecule has 1 aromatic rings. The van der Waals surface area contributed by atoms with E-state index in [9.17, 15) is 9.59 Å². The van der Waals surface area contributed by atoms with Crippen molar-refractivity contribution in [3.8, 4) is 0 Å². The quantitative estimate of drug-likeness (QED) is 0.465. The first kappa shape index (κ1) is 17.7. The number of ether oxygens (including phenoxy) is 2. The van der Waals surface area contributed by atoms with E-state index in [4.69, 9.17) is 9.47 Å². The molecule has 0 aliphatic rings. The third kappa shape index (κ3) is 7.31. The lowest BCUT2D eigenvalue weighted by atomic mass is 10.2. The minimum absolute atomic E-state index is 0.183. The second-order valence-electron chi connectivity index (χ2n) is 5.45. The third-order valence-corrected chi connectivity index (χ3v) is 3.23. The molecule has 1 rings (SSSR count). The van der Waals surface area contributed by atoms with Crippen LogP contribution in [0.3, 0.4) is 0 Å². The predicted molar refractivity (Wildman–Crippen MR) is 88.3 cm³/mol. The highest BCUT2D eigenvalue weighted by atomic mass is 127. The molecule has 5 nitrogen and oxygen atoms in total. The molecule has 116 valence electrons. The van der Waals surface area contributed by atoms with Crippen molar-refractivity contribution in [3.63, 3.8) is 0 Å². The molecule has 0 aliphatic carbocycles. The van der Waals surface area contributed by atoms with Crippen LogP contribution in [0.4, 0.5) is 4.79 Å². The lowest BCUT2D eigenvalue weighted by molar-refractivity contribution is -0.146. The van der Waals surface area contributed by atoms with Gasteiger partial charge in [-0.05, 0) is 26.3 Å². The summed E-state index contributed by atoms with van der Waals surface area (Å²) in [5, 5.41) is 2.52. The fourth-order valence-corrected chi connectivity index (χ4v) is 2.02. The van der Waals surface area contributed by atoms with Gasteiger partial charge in [-0.2, -0.15) is 0 Å². The van der Waals surface area contributed by atoms with E-state index < -0.39 is 23.7 Å². The second-order valence-corrected chi connectivity index (χ2v) is 6.33. The summed E-state index contributed by atoms with van der Waals surface area (Å²) in [4.78, 5) is 23.6. The summed E-state index contributed by atoms with van der Waals surface area (Å²) in [6.45, 7) is 5.47. The monoisotopic (exact) mass is 405 g/mol. The molecule has 0 radical (unpaired) electrons. The van der Waals surface area contributed by atoms with Crippen LogP contribution in [0.2, 0.25) is 0 Å². The van der Waals surface area contributed by atoms with Gasteiger partial charge in [-0.25, -0.2) is 9.59 Å². The van der Waals surface area contributed by atoms with Crippen molar-refractivity contribution in [2.75, 3.05) is 4.43 Å². The van der Waals surface area contributed by atoms with Gasteiger partial charge in [0.15, 0.2) is 0 Å². The van der Waals surface area contributed by atoms with Gasteiger partial charge in [0.2, 0.25) is 0 Å². The summed E-state index contributed by atoms with van der Waals surface area (Å²) in [6.07, 6.45) is -0.624. The summed E-state index contributed by atoms with van der Waals surface area (Å²) in [5.74, 6) is -0.473. The molecular weight excluding hydrogens is 385 g/mol. The molecule has 0 unspecified atom stereocenters. The first-order valence-electron chi connectivity index (χ1n) is 6.58. The van der Waals surface area contributed by atoms with Gasteiger partial charge in [0.1, 0.15) is 18.2 Å². The summed E-state index contributed by atoms with van der Waals surface area (Å²) in [5.41, 5.74) is 0.295. The Hall–Kier alpha value is -1.31. The fraction of sp³-hybridized carbons (Fsp3) is 0.467. The van der Waals surface area contributed by atoms with E-state index in [1.54, 1.807) is 20.8 Å². The summed E-state index contributed by atoms with van der Waals surface area (Å²) < 4.78 is 10.7. The number of alkyl carbamates (subject to hydrolysis) is 1. The molecule has 1 N–H and O–H groups in total. The Morgan fingerprint density at radius 3 is 2.38 bits per heavy atom. The van der Waals surface area contributed by atoms with Gasteiger partial charge < -0.3 is 14.8 Å². The van der Waals surface area contributed by atoms with Gasteiger partial charge in [-0.3, -0.25) is 0 Å². The van der Waals surface area contributed by atoms with Crippen LogP contribution in [0.25, 0.3) is 0 Å². The molecular formula is C15H20INO4. The molecule has 1 amide bonds. The van der Waals surface area contributed by atoms with Gasteiger partial charge in [0, 0.05) is 4.43 Å². The van der Waals surface area contributed by atoms with Crippen LogP contribution in [0.5, 0.6) is 0 Å². The van der Waals surface area contributed by atoms with E-state index in [1.165, 1.54) is 0 Å². The Balaban J connectivity index is 2.48. The maximum Gasteiger partial charge on any atom is 0.408 e. The number of alkyl halides is 1. The normalized spacial score (nSPS) is 12.4. The standard InChI is InChI=1S/C15H20INO4/c1-15(2,3)21-14(19)17-12(9-16)13(18)20-10-11-7-5-4-6-8-11/h4-8,12H,9-10H2,1-3H3,(H,17,19)/t12-/m0/s1. The van der Waals surface area contributed by atoms with Crippen LogP contribution in [0.1, 0.15) is 26.3 Å².